The first-order valence-corrected chi connectivity index (χ1v) is 7.27. The Bertz CT molecular complexity index is 315. The van der Waals surface area contributed by atoms with E-state index in [9.17, 15) is 5.11 Å². The average molecular weight is 239 g/mol. The minimum Gasteiger partial charge on any atom is -0.393 e. The zero-order valence-corrected chi connectivity index (χ0v) is 10.8. The van der Waals surface area contributed by atoms with Crippen molar-refractivity contribution in [3.05, 3.63) is 16.1 Å². The maximum Gasteiger partial charge on any atom is 0.0931 e. The number of nitrogens with zero attached hydrogens (tertiary/aromatic N) is 1. The Labute approximate surface area is 102 Å². The second-order valence-electron chi connectivity index (χ2n) is 4.86. The Hall–Kier alpha value is -0.410. The lowest BCUT2D eigenvalue weighted by Crippen LogP contribution is -2.19. The predicted molar refractivity (Wildman–Crippen MR) is 67.8 cm³/mol. The number of aliphatic hydroxyl groups is 1. The van der Waals surface area contributed by atoms with Gasteiger partial charge in [0.05, 0.1) is 16.8 Å². The van der Waals surface area contributed by atoms with E-state index in [1.807, 2.05) is 11.3 Å². The summed E-state index contributed by atoms with van der Waals surface area (Å²) in [6.07, 6.45) is 7.69. The van der Waals surface area contributed by atoms with Gasteiger partial charge in [0.2, 0.25) is 0 Å². The number of hydrogen-bond donors (Lipinski definition) is 1. The monoisotopic (exact) mass is 239 g/mol. The first-order chi connectivity index (χ1) is 7.78. The van der Waals surface area contributed by atoms with Gasteiger partial charge >= 0.3 is 0 Å². The molecular weight excluding hydrogens is 218 g/mol. The highest BCUT2D eigenvalue weighted by Gasteiger charge is 2.20. The maximum atomic E-state index is 9.45. The molecule has 2 rings (SSSR count). The van der Waals surface area contributed by atoms with Gasteiger partial charge in [-0.3, -0.25) is 0 Å². The topological polar surface area (TPSA) is 33.1 Å². The van der Waals surface area contributed by atoms with Crippen LogP contribution < -0.4 is 0 Å². The average Bonchev–Trinajstić information content (AvgIpc) is 2.70. The molecule has 1 heterocycles. The lowest BCUT2D eigenvalue weighted by Gasteiger charge is -2.24. The second-order valence-corrected chi connectivity index (χ2v) is 5.80. The SMILES string of the molecule is CCCc1csc(CC2CCC(O)CC2)n1. The predicted octanol–water partition coefficient (Wildman–Crippen LogP) is 3.19. The van der Waals surface area contributed by atoms with E-state index in [1.54, 1.807) is 0 Å². The normalized spacial score (nSPS) is 25.9. The molecule has 90 valence electrons. The lowest BCUT2D eigenvalue weighted by molar-refractivity contribution is 0.108. The Kier molecular flexibility index (Phi) is 4.36. The second kappa shape index (κ2) is 5.78. The Morgan fingerprint density at radius 2 is 2.12 bits per heavy atom. The number of hydrogen-bond acceptors (Lipinski definition) is 3. The number of aliphatic hydroxyl groups excluding tert-OH is 1. The Morgan fingerprint density at radius 1 is 1.38 bits per heavy atom. The maximum absolute atomic E-state index is 9.45. The molecule has 0 aromatic carbocycles. The summed E-state index contributed by atoms with van der Waals surface area (Å²) in [5.41, 5.74) is 1.26. The van der Waals surface area contributed by atoms with E-state index >= 15 is 0 Å². The van der Waals surface area contributed by atoms with Gasteiger partial charge in [-0.1, -0.05) is 13.3 Å². The van der Waals surface area contributed by atoms with Gasteiger partial charge in [-0.25, -0.2) is 4.98 Å². The molecule has 1 fully saturated rings. The van der Waals surface area contributed by atoms with Crippen LogP contribution in [0.1, 0.15) is 49.7 Å². The van der Waals surface area contributed by atoms with Crippen molar-refractivity contribution in [3.8, 4) is 0 Å². The highest BCUT2D eigenvalue weighted by molar-refractivity contribution is 7.09. The number of aryl methyl sites for hydroxylation is 1. The van der Waals surface area contributed by atoms with Crippen LogP contribution in [0, 0.1) is 5.92 Å². The third kappa shape index (κ3) is 3.29. The fraction of sp³-hybridized carbons (Fsp3) is 0.769. The largest absolute Gasteiger partial charge is 0.393 e. The summed E-state index contributed by atoms with van der Waals surface area (Å²) in [6, 6.07) is 0. The highest BCUT2D eigenvalue weighted by atomic mass is 32.1. The van der Waals surface area contributed by atoms with E-state index in [-0.39, 0.29) is 6.10 Å². The summed E-state index contributed by atoms with van der Waals surface area (Å²) >= 11 is 1.81. The zero-order valence-electron chi connectivity index (χ0n) is 9.98. The lowest BCUT2D eigenvalue weighted by atomic mass is 9.85. The minimum absolute atomic E-state index is 0.0387. The summed E-state index contributed by atoms with van der Waals surface area (Å²) in [4.78, 5) is 4.67. The molecule has 3 heteroatoms. The molecule has 1 aliphatic carbocycles. The van der Waals surface area contributed by atoms with Gasteiger partial charge in [0.25, 0.3) is 0 Å². The quantitative estimate of drug-likeness (QED) is 0.875. The van der Waals surface area contributed by atoms with Crippen LogP contribution >= 0.6 is 11.3 Å². The molecule has 0 radical (unpaired) electrons. The van der Waals surface area contributed by atoms with Crippen LogP contribution in [-0.4, -0.2) is 16.2 Å². The molecule has 1 aliphatic rings. The van der Waals surface area contributed by atoms with Crippen LogP contribution in [0.5, 0.6) is 0 Å². The molecule has 1 aromatic heterocycles. The molecule has 0 bridgehead atoms. The Morgan fingerprint density at radius 3 is 2.81 bits per heavy atom. The van der Waals surface area contributed by atoms with E-state index in [0.29, 0.717) is 0 Å². The van der Waals surface area contributed by atoms with Crippen molar-refractivity contribution in [2.45, 2.75) is 58.0 Å². The van der Waals surface area contributed by atoms with Crippen molar-refractivity contribution in [2.24, 2.45) is 5.92 Å². The summed E-state index contributed by atoms with van der Waals surface area (Å²) < 4.78 is 0. The van der Waals surface area contributed by atoms with Crippen molar-refractivity contribution < 1.29 is 5.11 Å². The van der Waals surface area contributed by atoms with Gasteiger partial charge in [0.1, 0.15) is 0 Å². The highest BCUT2D eigenvalue weighted by Crippen LogP contribution is 2.28. The van der Waals surface area contributed by atoms with Gasteiger partial charge in [0.15, 0.2) is 0 Å². The first-order valence-electron chi connectivity index (χ1n) is 6.39. The fourth-order valence-corrected chi connectivity index (χ4v) is 3.35. The van der Waals surface area contributed by atoms with Crippen LogP contribution in [0.2, 0.25) is 0 Å². The number of aromatic nitrogens is 1. The molecule has 0 unspecified atom stereocenters. The molecule has 1 saturated carbocycles. The van der Waals surface area contributed by atoms with E-state index in [1.165, 1.54) is 30.0 Å². The van der Waals surface area contributed by atoms with Crippen molar-refractivity contribution in [2.75, 3.05) is 0 Å². The number of rotatable bonds is 4. The molecule has 0 amide bonds. The smallest absolute Gasteiger partial charge is 0.0931 e. The summed E-state index contributed by atoms with van der Waals surface area (Å²) in [5, 5.41) is 13.0. The van der Waals surface area contributed by atoms with Crippen molar-refractivity contribution >= 4 is 11.3 Å². The summed E-state index contributed by atoms with van der Waals surface area (Å²) in [5.74, 6) is 0.754. The zero-order chi connectivity index (χ0) is 11.4. The van der Waals surface area contributed by atoms with Crippen LogP contribution in [0.4, 0.5) is 0 Å². The van der Waals surface area contributed by atoms with Gasteiger partial charge in [-0.05, 0) is 38.0 Å². The molecule has 1 N–H and O–H groups in total. The van der Waals surface area contributed by atoms with E-state index in [0.717, 1.165) is 31.6 Å². The standard InChI is InChI=1S/C13H21NOS/c1-2-3-11-9-16-13(14-11)8-10-4-6-12(15)7-5-10/h9-10,12,15H,2-8H2,1H3. The third-order valence-electron chi connectivity index (χ3n) is 3.39. The summed E-state index contributed by atoms with van der Waals surface area (Å²) in [6.45, 7) is 2.20. The van der Waals surface area contributed by atoms with E-state index < -0.39 is 0 Å². The molecule has 0 atom stereocenters. The molecular formula is C13H21NOS. The molecule has 1 aromatic rings. The summed E-state index contributed by atoms with van der Waals surface area (Å²) in [7, 11) is 0. The van der Waals surface area contributed by atoms with Crippen molar-refractivity contribution in [3.63, 3.8) is 0 Å². The van der Waals surface area contributed by atoms with Gasteiger partial charge in [-0.15, -0.1) is 11.3 Å². The van der Waals surface area contributed by atoms with Crippen LogP contribution in [-0.2, 0) is 12.8 Å². The van der Waals surface area contributed by atoms with Crippen LogP contribution in [0.3, 0.4) is 0 Å². The van der Waals surface area contributed by atoms with Crippen LogP contribution in [0.25, 0.3) is 0 Å². The van der Waals surface area contributed by atoms with E-state index in [2.05, 4.69) is 17.3 Å². The number of thiazole rings is 1. The molecule has 2 nitrogen and oxygen atoms in total. The van der Waals surface area contributed by atoms with Gasteiger partial charge in [-0.2, -0.15) is 0 Å². The fourth-order valence-electron chi connectivity index (χ4n) is 2.41. The van der Waals surface area contributed by atoms with Gasteiger partial charge in [0, 0.05) is 11.8 Å². The third-order valence-corrected chi connectivity index (χ3v) is 4.30. The molecule has 0 aliphatic heterocycles. The van der Waals surface area contributed by atoms with Gasteiger partial charge < -0.3 is 5.11 Å². The van der Waals surface area contributed by atoms with Crippen molar-refractivity contribution in [1.82, 2.24) is 4.98 Å². The first kappa shape index (κ1) is 12.1. The molecule has 0 spiro atoms. The minimum atomic E-state index is -0.0387. The molecule has 0 saturated heterocycles. The molecule has 16 heavy (non-hydrogen) atoms. The van der Waals surface area contributed by atoms with Crippen LogP contribution in [0.15, 0.2) is 5.38 Å². The van der Waals surface area contributed by atoms with E-state index in [4.69, 9.17) is 0 Å². The van der Waals surface area contributed by atoms with Crippen molar-refractivity contribution in [1.29, 1.82) is 0 Å². The Balaban J connectivity index is 1.83.